The predicted molar refractivity (Wildman–Crippen MR) is 89.9 cm³/mol. The standard InChI is InChI=1S/C16H21N3O3S/c1-5-22-16(21)13-11(6-9(2)3)8-23-15(13)19-10(4)12(7-17)14(18)20/h8-9,19H,5-6H2,1-4H3,(H2,18,20). The molecule has 1 aromatic rings. The fourth-order valence-electron chi connectivity index (χ4n) is 2.06. The van der Waals surface area contributed by atoms with E-state index in [1.807, 2.05) is 5.38 Å². The van der Waals surface area contributed by atoms with E-state index in [2.05, 4.69) is 19.2 Å². The number of thiophene rings is 1. The van der Waals surface area contributed by atoms with E-state index in [-0.39, 0.29) is 12.2 Å². The van der Waals surface area contributed by atoms with Gasteiger partial charge in [0, 0.05) is 5.70 Å². The molecule has 0 atom stereocenters. The van der Waals surface area contributed by atoms with Gasteiger partial charge in [-0.3, -0.25) is 4.79 Å². The number of amides is 1. The third-order valence-electron chi connectivity index (χ3n) is 3.01. The monoisotopic (exact) mass is 335 g/mol. The highest BCUT2D eigenvalue weighted by molar-refractivity contribution is 7.14. The van der Waals surface area contributed by atoms with Crippen molar-refractivity contribution in [2.45, 2.75) is 34.1 Å². The number of carbonyl (C=O) groups excluding carboxylic acids is 2. The molecule has 0 aromatic carbocycles. The topological polar surface area (TPSA) is 105 Å². The summed E-state index contributed by atoms with van der Waals surface area (Å²) in [5, 5.41) is 14.4. The zero-order valence-electron chi connectivity index (χ0n) is 13.7. The Hall–Kier alpha value is -2.33. The predicted octanol–water partition coefficient (Wildman–Crippen LogP) is 2.82. The van der Waals surface area contributed by atoms with Crippen LogP contribution in [0, 0.1) is 17.2 Å². The van der Waals surface area contributed by atoms with E-state index in [4.69, 9.17) is 15.7 Å². The van der Waals surface area contributed by atoms with Gasteiger partial charge in [-0.2, -0.15) is 5.26 Å². The molecule has 1 aromatic heterocycles. The van der Waals surface area contributed by atoms with Gasteiger partial charge in [0.25, 0.3) is 5.91 Å². The Labute approximate surface area is 139 Å². The first-order chi connectivity index (χ1) is 10.8. The van der Waals surface area contributed by atoms with E-state index in [1.165, 1.54) is 11.3 Å². The molecule has 1 rings (SSSR count). The van der Waals surface area contributed by atoms with Gasteiger partial charge in [-0.1, -0.05) is 13.8 Å². The minimum Gasteiger partial charge on any atom is -0.462 e. The summed E-state index contributed by atoms with van der Waals surface area (Å²) in [5.41, 5.74) is 6.65. The van der Waals surface area contributed by atoms with Crippen molar-refractivity contribution in [1.29, 1.82) is 5.26 Å². The maximum absolute atomic E-state index is 12.3. The Morgan fingerprint density at radius 3 is 2.61 bits per heavy atom. The summed E-state index contributed by atoms with van der Waals surface area (Å²) in [7, 11) is 0. The van der Waals surface area contributed by atoms with Gasteiger partial charge < -0.3 is 15.8 Å². The van der Waals surface area contributed by atoms with E-state index in [0.717, 1.165) is 12.0 Å². The summed E-state index contributed by atoms with van der Waals surface area (Å²) in [6.45, 7) is 7.71. The molecule has 1 heterocycles. The zero-order chi connectivity index (χ0) is 17.6. The molecule has 7 heteroatoms. The maximum Gasteiger partial charge on any atom is 0.341 e. The second-order valence-corrected chi connectivity index (χ2v) is 6.26. The molecule has 23 heavy (non-hydrogen) atoms. The molecule has 0 bridgehead atoms. The molecule has 0 saturated heterocycles. The first-order valence-electron chi connectivity index (χ1n) is 7.27. The van der Waals surface area contributed by atoms with Crippen LogP contribution >= 0.6 is 11.3 Å². The number of hydrogen-bond donors (Lipinski definition) is 2. The van der Waals surface area contributed by atoms with Crippen molar-refractivity contribution < 1.29 is 14.3 Å². The van der Waals surface area contributed by atoms with E-state index in [9.17, 15) is 9.59 Å². The van der Waals surface area contributed by atoms with Crippen LogP contribution in [0.4, 0.5) is 5.00 Å². The van der Waals surface area contributed by atoms with Crippen LogP contribution in [0.25, 0.3) is 0 Å². The molecular formula is C16H21N3O3S. The van der Waals surface area contributed by atoms with Gasteiger partial charge in [0.2, 0.25) is 0 Å². The fourth-order valence-corrected chi connectivity index (χ4v) is 3.08. The van der Waals surface area contributed by atoms with Gasteiger partial charge in [-0.15, -0.1) is 11.3 Å². The molecule has 0 fully saturated rings. The third kappa shape index (κ3) is 4.83. The number of nitrogens with one attached hydrogen (secondary N) is 1. The Morgan fingerprint density at radius 2 is 2.13 bits per heavy atom. The second-order valence-electron chi connectivity index (χ2n) is 5.38. The lowest BCUT2D eigenvalue weighted by molar-refractivity contribution is -0.114. The van der Waals surface area contributed by atoms with Crippen molar-refractivity contribution in [2.24, 2.45) is 11.7 Å². The van der Waals surface area contributed by atoms with Crippen LogP contribution in [-0.4, -0.2) is 18.5 Å². The van der Waals surface area contributed by atoms with E-state index in [1.54, 1.807) is 19.9 Å². The fraction of sp³-hybridized carbons (Fsp3) is 0.438. The van der Waals surface area contributed by atoms with Crippen molar-refractivity contribution in [3.8, 4) is 6.07 Å². The number of nitrogens with zero attached hydrogens (tertiary/aromatic N) is 1. The Bertz CT molecular complexity index is 669. The average Bonchev–Trinajstić information content (AvgIpc) is 2.81. The van der Waals surface area contributed by atoms with Gasteiger partial charge in [-0.25, -0.2) is 4.79 Å². The highest BCUT2D eigenvalue weighted by Gasteiger charge is 2.22. The van der Waals surface area contributed by atoms with Crippen molar-refractivity contribution in [1.82, 2.24) is 0 Å². The summed E-state index contributed by atoms with van der Waals surface area (Å²) in [6.07, 6.45) is 0.732. The van der Waals surface area contributed by atoms with Gasteiger partial charge in [0.05, 0.1) is 12.2 Å². The molecule has 6 nitrogen and oxygen atoms in total. The molecule has 0 spiro atoms. The minimum atomic E-state index is -0.811. The van der Waals surface area contributed by atoms with E-state index < -0.39 is 11.9 Å². The molecule has 0 aliphatic rings. The Balaban J connectivity index is 3.26. The number of carbonyl (C=O) groups is 2. The normalized spacial score (nSPS) is 11.7. The lowest BCUT2D eigenvalue weighted by atomic mass is 10.0. The molecule has 0 radical (unpaired) electrons. The van der Waals surface area contributed by atoms with Gasteiger partial charge in [0.1, 0.15) is 16.6 Å². The quantitative estimate of drug-likeness (QED) is 0.453. The highest BCUT2D eigenvalue weighted by Crippen LogP contribution is 2.32. The lowest BCUT2D eigenvalue weighted by Gasteiger charge is -2.11. The van der Waals surface area contributed by atoms with Crippen molar-refractivity contribution in [3.05, 3.63) is 27.8 Å². The molecule has 0 saturated carbocycles. The van der Waals surface area contributed by atoms with Crippen LogP contribution in [0.3, 0.4) is 0 Å². The zero-order valence-corrected chi connectivity index (χ0v) is 14.5. The maximum atomic E-state index is 12.3. The van der Waals surface area contributed by atoms with E-state index >= 15 is 0 Å². The number of primary amides is 1. The van der Waals surface area contributed by atoms with E-state index in [0.29, 0.717) is 22.2 Å². The molecule has 0 aliphatic carbocycles. The summed E-state index contributed by atoms with van der Waals surface area (Å²) >= 11 is 1.33. The first-order valence-corrected chi connectivity index (χ1v) is 8.15. The van der Waals surface area contributed by atoms with Crippen molar-refractivity contribution in [3.63, 3.8) is 0 Å². The Kier molecular flexibility index (Phi) is 6.79. The molecular weight excluding hydrogens is 314 g/mol. The third-order valence-corrected chi connectivity index (χ3v) is 3.95. The van der Waals surface area contributed by atoms with Crippen LogP contribution in [0.1, 0.15) is 43.6 Å². The SMILES string of the molecule is CCOC(=O)c1c(CC(C)C)csc1NC(C)=C(C#N)C(N)=O. The average molecular weight is 335 g/mol. The van der Waals surface area contributed by atoms with Crippen LogP contribution in [0.15, 0.2) is 16.7 Å². The molecule has 0 aliphatic heterocycles. The van der Waals surface area contributed by atoms with Gasteiger partial charge in [0.15, 0.2) is 0 Å². The molecule has 1 amide bonds. The number of nitrogens with two attached hydrogens (primary N) is 1. The minimum absolute atomic E-state index is 0.168. The summed E-state index contributed by atoms with van der Waals surface area (Å²) in [4.78, 5) is 23.5. The van der Waals surface area contributed by atoms with Gasteiger partial charge in [-0.05, 0) is 37.1 Å². The van der Waals surface area contributed by atoms with Crippen LogP contribution in [0.2, 0.25) is 0 Å². The Morgan fingerprint density at radius 1 is 1.48 bits per heavy atom. The number of nitriles is 1. The number of hydrogen-bond acceptors (Lipinski definition) is 6. The summed E-state index contributed by atoms with van der Waals surface area (Å²) in [6, 6.07) is 1.77. The largest absolute Gasteiger partial charge is 0.462 e. The van der Waals surface area contributed by atoms with Crippen molar-refractivity contribution >= 4 is 28.2 Å². The van der Waals surface area contributed by atoms with Gasteiger partial charge >= 0.3 is 5.97 Å². The lowest BCUT2D eigenvalue weighted by Crippen LogP contribution is -2.17. The number of ether oxygens (including phenoxy) is 1. The number of anilines is 1. The smallest absolute Gasteiger partial charge is 0.341 e. The van der Waals surface area contributed by atoms with Crippen LogP contribution < -0.4 is 11.1 Å². The first kappa shape index (κ1) is 18.7. The molecule has 0 unspecified atom stereocenters. The summed E-state index contributed by atoms with van der Waals surface area (Å²) < 4.78 is 5.12. The summed E-state index contributed by atoms with van der Waals surface area (Å²) in [5.74, 6) is -0.853. The second kappa shape index (κ2) is 8.34. The number of esters is 1. The van der Waals surface area contributed by atoms with Crippen LogP contribution in [-0.2, 0) is 16.0 Å². The highest BCUT2D eigenvalue weighted by atomic mass is 32.1. The molecule has 3 N–H and O–H groups in total. The molecule has 124 valence electrons. The number of rotatable bonds is 7. The van der Waals surface area contributed by atoms with Crippen molar-refractivity contribution in [2.75, 3.05) is 11.9 Å². The number of allylic oxidation sites excluding steroid dienone is 1. The van der Waals surface area contributed by atoms with Crippen LogP contribution in [0.5, 0.6) is 0 Å².